The number of allylic oxidation sites excluding steroid dienone is 3. The number of imide groups is 1. The molecule has 0 saturated carbocycles. The minimum Gasteiger partial charge on any atom is -0.329 e. The van der Waals surface area contributed by atoms with E-state index in [2.05, 4.69) is 74.4 Å². The van der Waals surface area contributed by atoms with Crippen molar-refractivity contribution in [3.05, 3.63) is 147 Å². The SMILES string of the molecule is C.C=C1CCC(N2C(=O)c3cccc(C(C)C)c3C2=O)C(=O)N1.C=C1CCC(N2Cc3c(cccc3C(C)C)C2=O)C(=O)N1.C=C1CCC(n2c(C)nc3cccc(C(C)C)c3c2=O)C(=O)N1. The molecule has 6 heterocycles. The first kappa shape index (κ1) is 49.5. The molecule has 352 valence electrons. The Kier molecular flexibility index (Phi) is 14.7. The number of hydrogen-bond acceptors (Lipinski definition) is 8. The summed E-state index contributed by atoms with van der Waals surface area (Å²) in [7, 11) is 0. The molecule has 3 N–H and O–H groups in total. The molecular formula is C53H63N7O7. The Hall–Kier alpha value is -6.96. The molecule has 0 radical (unpaired) electrons. The molecule has 3 atom stereocenters. The maximum atomic E-state index is 13.1. The molecule has 14 heteroatoms. The van der Waals surface area contributed by atoms with Crippen LogP contribution in [0.3, 0.4) is 0 Å². The molecule has 4 aromatic rings. The molecule has 3 saturated heterocycles. The average Bonchev–Trinajstić information content (AvgIpc) is 3.73. The fourth-order valence-corrected chi connectivity index (χ4v) is 9.57. The van der Waals surface area contributed by atoms with Gasteiger partial charge in [0.15, 0.2) is 0 Å². The molecule has 5 aliphatic rings. The molecule has 0 bridgehead atoms. The zero-order chi connectivity index (χ0) is 47.9. The van der Waals surface area contributed by atoms with Gasteiger partial charge in [0.2, 0.25) is 17.7 Å². The largest absolute Gasteiger partial charge is 0.329 e. The highest BCUT2D eigenvalue weighted by molar-refractivity contribution is 6.23. The van der Waals surface area contributed by atoms with E-state index < -0.39 is 12.1 Å². The quantitative estimate of drug-likeness (QED) is 0.162. The van der Waals surface area contributed by atoms with Gasteiger partial charge in [-0.15, -0.1) is 0 Å². The average molecular weight is 910 g/mol. The first-order valence-corrected chi connectivity index (χ1v) is 22.7. The van der Waals surface area contributed by atoms with E-state index in [1.807, 2.05) is 50.2 Å². The maximum Gasteiger partial charge on any atom is 0.262 e. The standard InChI is InChI=1S/C18H21N3O2.C17H18N2O3.C17H20N2O2.CH4/c1-10(2)13-6-5-7-14-16(13)18(23)21(12(4)20-14)15-9-8-11(3)19-17(15)22;1-9(2)11-5-4-6-12-14(11)17(22)19(16(12)21)13-8-7-10(3)18-15(13)20;1-10(2)12-5-4-6-13-14(12)9-19(17(13)21)15-8-7-11(3)18-16(15)20;/h5-7,10,15H,3,8-9H2,1-2,4H3,(H,19,22);4-6,9,13H,3,7-8H2,1-2H3,(H,18,20);4-6,10,15H,3,7-9H2,1-2H3,(H,18,20);1H4. The fourth-order valence-electron chi connectivity index (χ4n) is 9.57. The number of carbonyl (C=O) groups excluding carboxylic acids is 6. The number of amides is 6. The van der Waals surface area contributed by atoms with Gasteiger partial charge >= 0.3 is 0 Å². The molecule has 0 spiro atoms. The van der Waals surface area contributed by atoms with E-state index in [-0.39, 0.29) is 66.3 Å². The van der Waals surface area contributed by atoms with Gasteiger partial charge in [0, 0.05) is 29.2 Å². The van der Waals surface area contributed by atoms with Crippen LogP contribution in [-0.2, 0) is 20.9 Å². The van der Waals surface area contributed by atoms with Crippen molar-refractivity contribution in [1.29, 1.82) is 0 Å². The summed E-state index contributed by atoms with van der Waals surface area (Å²) in [5.74, 6) is -0.128. The van der Waals surface area contributed by atoms with Crippen LogP contribution in [0.2, 0.25) is 0 Å². The van der Waals surface area contributed by atoms with Crippen molar-refractivity contribution in [2.45, 2.75) is 137 Å². The predicted molar refractivity (Wildman–Crippen MR) is 259 cm³/mol. The number of aromatic nitrogens is 2. The molecule has 9 rings (SSSR count). The molecule has 67 heavy (non-hydrogen) atoms. The molecule has 5 aliphatic heterocycles. The van der Waals surface area contributed by atoms with Gasteiger partial charge in [-0.1, -0.05) is 105 Å². The van der Waals surface area contributed by atoms with Crippen molar-refractivity contribution in [2.24, 2.45) is 0 Å². The van der Waals surface area contributed by atoms with Gasteiger partial charge in [-0.25, -0.2) is 4.98 Å². The predicted octanol–water partition coefficient (Wildman–Crippen LogP) is 8.19. The highest BCUT2D eigenvalue weighted by atomic mass is 16.2. The number of carbonyl (C=O) groups is 6. The minimum atomic E-state index is -0.752. The molecule has 0 aliphatic carbocycles. The van der Waals surface area contributed by atoms with Crippen LogP contribution in [-0.4, -0.2) is 66.9 Å². The Morgan fingerprint density at radius 1 is 0.582 bits per heavy atom. The highest BCUT2D eigenvalue weighted by Crippen LogP contribution is 2.35. The lowest BCUT2D eigenvalue weighted by atomic mass is 9.94. The Balaban J connectivity index is 0.000000165. The second-order valence-corrected chi connectivity index (χ2v) is 18.5. The number of hydrogen-bond donors (Lipinski definition) is 3. The summed E-state index contributed by atoms with van der Waals surface area (Å²) in [4.78, 5) is 95.1. The minimum absolute atomic E-state index is 0. The van der Waals surface area contributed by atoms with Gasteiger partial charge in [-0.3, -0.25) is 43.0 Å². The van der Waals surface area contributed by atoms with Gasteiger partial charge < -0.3 is 20.9 Å². The number of nitrogens with zero attached hydrogens (tertiary/aromatic N) is 4. The summed E-state index contributed by atoms with van der Waals surface area (Å²) < 4.78 is 1.54. The van der Waals surface area contributed by atoms with Crippen molar-refractivity contribution in [2.75, 3.05) is 0 Å². The van der Waals surface area contributed by atoms with Crippen LogP contribution in [0.25, 0.3) is 10.9 Å². The van der Waals surface area contributed by atoms with Gasteiger partial charge in [-0.05, 0) is 104 Å². The smallest absolute Gasteiger partial charge is 0.262 e. The summed E-state index contributed by atoms with van der Waals surface area (Å²) >= 11 is 0. The van der Waals surface area contributed by atoms with Crippen LogP contribution in [0.5, 0.6) is 0 Å². The van der Waals surface area contributed by atoms with E-state index >= 15 is 0 Å². The van der Waals surface area contributed by atoms with Gasteiger partial charge in [0.1, 0.15) is 23.9 Å². The summed E-state index contributed by atoms with van der Waals surface area (Å²) in [5, 5.41) is 8.76. The number of aryl methyl sites for hydroxylation is 1. The number of fused-ring (bicyclic) bond motifs is 3. The van der Waals surface area contributed by atoms with E-state index in [1.165, 1.54) is 10.1 Å². The number of nitrogens with one attached hydrogen (secondary N) is 3. The van der Waals surface area contributed by atoms with Crippen LogP contribution in [0, 0.1) is 6.92 Å². The maximum absolute atomic E-state index is 13.1. The first-order chi connectivity index (χ1) is 31.3. The molecule has 3 unspecified atom stereocenters. The topological polar surface area (TPSA) is 180 Å². The third-order valence-corrected chi connectivity index (χ3v) is 13.0. The summed E-state index contributed by atoms with van der Waals surface area (Å²) in [6.45, 7) is 25.9. The van der Waals surface area contributed by atoms with E-state index in [9.17, 15) is 33.6 Å². The Labute approximate surface area is 392 Å². The van der Waals surface area contributed by atoms with Gasteiger partial charge in [0.05, 0.1) is 22.0 Å². The van der Waals surface area contributed by atoms with Crippen LogP contribution in [0.1, 0.15) is 170 Å². The zero-order valence-electron chi connectivity index (χ0n) is 38.9. The van der Waals surface area contributed by atoms with Crippen molar-refractivity contribution < 1.29 is 28.8 Å². The van der Waals surface area contributed by atoms with Gasteiger partial charge in [-0.2, -0.15) is 0 Å². The normalized spacial score (nSPS) is 20.2. The third kappa shape index (κ3) is 9.52. The molecule has 1 aromatic heterocycles. The Morgan fingerprint density at radius 2 is 1.06 bits per heavy atom. The van der Waals surface area contributed by atoms with Crippen LogP contribution >= 0.6 is 0 Å². The lowest BCUT2D eigenvalue weighted by Gasteiger charge is -2.31. The highest BCUT2D eigenvalue weighted by Gasteiger charge is 2.45. The van der Waals surface area contributed by atoms with Crippen LogP contribution in [0.4, 0.5) is 0 Å². The van der Waals surface area contributed by atoms with Crippen molar-refractivity contribution in [3.63, 3.8) is 0 Å². The second-order valence-electron chi connectivity index (χ2n) is 18.5. The molecule has 3 aromatic carbocycles. The fraction of sp³-hybridized carbons (Fsp3) is 0.396. The third-order valence-electron chi connectivity index (χ3n) is 13.0. The summed E-state index contributed by atoms with van der Waals surface area (Å²) in [6.07, 6.45) is 3.62. The number of rotatable bonds is 6. The lowest BCUT2D eigenvalue weighted by Crippen LogP contribution is -2.51. The van der Waals surface area contributed by atoms with Crippen molar-refractivity contribution in [1.82, 2.24) is 35.3 Å². The van der Waals surface area contributed by atoms with E-state index in [4.69, 9.17) is 0 Å². The Bertz CT molecular complexity index is 2800. The van der Waals surface area contributed by atoms with Crippen molar-refractivity contribution >= 4 is 46.3 Å². The number of benzene rings is 3. The molecule has 3 fully saturated rings. The molecule has 14 nitrogen and oxygen atoms in total. The summed E-state index contributed by atoms with van der Waals surface area (Å²) in [5.41, 5.74) is 8.30. The second kappa shape index (κ2) is 19.9. The number of piperidine rings is 3. The van der Waals surface area contributed by atoms with E-state index in [1.54, 1.807) is 24.0 Å². The van der Waals surface area contributed by atoms with Gasteiger partial charge in [0.25, 0.3) is 23.3 Å². The summed E-state index contributed by atoms with van der Waals surface area (Å²) in [6, 6.07) is 15.2. The van der Waals surface area contributed by atoms with Crippen molar-refractivity contribution in [3.8, 4) is 0 Å². The van der Waals surface area contributed by atoms with Crippen LogP contribution < -0.4 is 21.5 Å². The monoisotopic (exact) mass is 909 g/mol. The Morgan fingerprint density at radius 3 is 1.60 bits per heavy atom. The lowest BCUT2D eigenvalue weighted by molar-refractivity contribution is -0.126. The molecule has 6 amide bonds. The van der Waals surface area contributed by atoms with E-state index in [0.29, 0.717) is 83.8 Å². The zero-order valence-corrected chi connectivity index (χ0v) is 38.9. The van der Waals surface area contributed by atoms with Crippen LogP contribution in [0.15, 0.2) is 96.2 Å². The molecular weight excluding hydrogens is 847 g/mol. The first-order valence-electron chi connectivity index (χ1n) is 22.7. The van der Waals surface area contributed by atoms with E-state index in [0.717, 1.165) is 39.3 Å².